The molecule has 2 aromatic carbocycles. The minimum atomic E-state index is -4.08. The van der Waals surface area contributed by atoms with E-state index in [0.717, 1.165) is 29.7 Å². The van der Waals surface area contributed by atoms with Gasteiger partial charge in [-0.2, -0.15) is 4.98 Å². The van der Waals surface area contributed by atoms with Crippen LogP contribution in [0.2, 0.25) is 0 Å². The molecule has 0 saturated heterocycles. The summed E-state index contributed by atoms with van der Waals surface area (Å²) in [5.74, 6) is -0.188. The number of carbonyl (C=O) groups excluding carboxylic acids is 1. The van der Waals surface area contributed by atoms with Crippen LogP contribution in [-0.4, -0.2) is 62.0 Å². The Bertz CT molecular complexity index is 1450. The molecule has 0 spiro atoms. The number of nitrogens with one attached hydrogen (secondary N) is 2. The Hall–Kier alpha value is -3.50. The van der Waals surface area contributed by atoms with Gasteiger partial charge in [0.1, 0.15) is 6.10 Å². The molecular formula is C29H37N5O4S. The van der Waals surface area contributed by atoms with Gasteiger partial charge < -0.3 is 15.0 Å². The molecule has 0 aliphatic carbocycles. The predicted molar refractivity (Wildman–Crippen MR) is 153 cm³/mol. The number of nitrogens with zero attached hydrogens (tertiary/aromatic N) is 3. The number of fused-ring (bicyclic) bond motifs is 4. The van der Waals surface area contributed by atoms with E-state index in [0.29, 0.717) is 12.2 Å². The van der Waals surface area contributed by atoms with Crippen LogP contribution in [0.5, 0.6) is 5.88 Å². The van der Waals surface area contributed by atoms with Crippen LogP contribution >= 0.6 is 0 Å². The summed E-state index contributed by atoms with van der Waals surface area (Å²) in [4.78, 5) is 23.7. The molecule has 0 radical (unpaired) electrons. The SMILES string of the molecule is Cc1cccc(C)c1-c1cc2nc(n1)NS(=O)(=O)c1cccc(c1)C(=O)N(C)C[C@@H](CNCCC(C)(C)C)O2. The van der Waals surface area contributed by atoms with Crippen LogP contribution in [-0.2, 0) is 10.0 Å². The van der Waals surface area contributed by atoms with Gasteiger partial charge in [-0.05, 0) is 61.6 Å². The number of hydrogen-bond acceptors (Lipinski definition) is 7. The molecule has 10 heteroatoms. The van der Waals surface area contributed by atoms with Crippen molar-refractivity contribution in [3.8, 4) is 17.1 Å². The van der Waals surface area contributed by atoms with E-state index >= 15 is 0 Å². The number of benzene rings is 2. The molecule has 2 N–H and O–H groups in total. The first-order valence-electron chi connectivity index (χ1n) is 13.0. The molecule has 0 saturated carbocycles. The smallest absolute Gasteiger partial charge is 0.264 e. The van der Waals surface area contributed by atoms with Gasteiger partial charge in [-0.15, -0.1) is 0 Å². The number of ether oxygens (including phenoxy) is 1. The van der Waals surface area contributed by atoms with Gasteiger partial charge in [-0.3, -0.25) is 4.79 Å². The summed E-state index contributed by atoms with van der Waals surface area (Å²) in [5, 5.41) is 3.44. The molecule has 9 nitrogen and oxygen atoms in total. The standard InChI is InChI=1S/C29H37N5O4S/c1-19-9-7-10-20(2)26(19)24-16-25-32-28(31-24)33-39(36,37)23-12-8-11-21(15-23)27(35)34(6)18-22(38-25)17-30-14-13-29(3,4)5/h7-12,15-16,22,30H,13-14,17-18H2,1-6H3,(H,31,32,33)/t22-/m1/s1. The second-order valence-corrected chi connectivity index (χ2v) is 12.9. The summed E-state index contributed by atoms with van der Waals surface area (Å²) < 4.78 is 35.4. The Morgan fingerprint density at radius 1 is 1.08 bits per heavy atom. The van der Waals surface area contributed by atoms with Gasteiger partial charge in [0, 0.05) is 30.8 Å². The first kappa shape index (κ1) is 28.5. The third kappa shape index (κ3) is 7.13. The third-order valence-electron chi connectivity index (χ3n) is 6.59. The fourth-order valence-corrected chi connectivity index (χ4v) is 5.49. The highest BCUT2D eigenvalue weighted by atomic mass is 32.2. The van der Waals surface area contributed by atoms with Gasteiger partial charge >= 0.3 is 0 Å². The number of carbonyl (C=O) groups is 1. The van der Waals surface area contributed by atoms with E-state index in [9.17, 15) is 13.2 Å². The highest BCUT2D eigenvalue weighted by molar-refractivity contribution is 7.92. The van der Waals surface area contributed by atoms with Crippen LogP contribution < -0.4 is 14.8 Å². The second-order valence-electron chi connectivity index (χ2n) is 11.3. The summed E-state index contributed by atoms with van der Waals surface area (Å²) >= 11 is 0. The molecule has 39 heavy (non-hydrogen) atoms. The first-order valence-corrected chi connectivity index (χ1v) is 14.5. The molecule has 208 valence electrons. The average molecular weight is 552 g/mol. The van der Waals surface area contributed by atoms with Gasteiger partial charge in [0.15, 0.2) is 0 Å². The summed E-state index contributed by atoms with van der Waals surface area (Å²) in [6.45, 7) is 12.0. The van der Waals surface area contributed by atoms with E-state index in [4.69, 9.17) is 4.74 Å². The maximum absolute atomic E-state index is 13.3. The number of amides is 1. The minimum Gasteiger partial charge on any atom is -0.471 e. The topological polar surface area (TPSA) is 114 Å². The van der Waals surface area contributed by atoms with Crippen molar-refractivity contribution in [2.45, 2.75) is 52.0 Å². The summed E-state index contributed by atoms with van der Waals surface area (Å²) in [7, 11) is -2.40. The number of anilines is 1. The molecule has 4 rings (SSSR count). The van der Waals surface area contributed by atoms with Crippen molar-refractivity contribution in [3.05, 3.63) is 65.2 Å². The molecule has 4 bridgehead atoms. The van der Waals surface area contributed by atoms with E-state index in [-0.39, 0.29) is 40.2 Å². The molecular weight excluding hydrogens is 514 g/mol. The van der Waals surface area contributed by atoms with Crippen LogP contribution in [0, 0.1) is 19.3 Å². The minimum absolute atomic E-state index is 0.0510. The number of likely N-dealkylation sites (N-methyl/N-ethyl adjacent to an activating group) is 1. The highest BCUT2D eigenvalue weighted by Crippen LogP contribution is 2.30. The van der Waals surface area contributed by atoms with Gasteiger partial charge in [-0.1, -0.05) is 45.0 Å². The van der Waals surface area contributed by atoms with Crippen LogP contribution in [0.1, 0.15) is 48.7 Å². The zero-order valence-corrected chi connectivity index (χ0v) is 24.2. The Kier molecular flexibility index (Phi) is 8.27. The lowest BCUT2D eigenvalue weighted by Crippen LogP contribution is -2.43. The fourth-order valence-electron chi connectivity index (χ4n) is 4.50. The van der Waals surface area contributed by atoms with Crippen molar-refractivity contribution in [1.82, 2.24) is 20.2 Å². The summed E-state index contributed by atoms with van der Waals surface area (Å²) in [6.07, 6.45) is 0.519. The third-order valence-corrected chi connectivity index (χ3v) is 7.92. The number of aromatic nitrogens is 2. The number of sulfonamides is 1. The molecule has 1 amide bonds. The fraction of sp³-hybridized carbons (Fsp3) is 0.414. The zero-order chi connectivity index (χ0) is 28.4. The molecule has 1 aliphatic rings. The lowest BCUT2D eigenvalue weighted by Gasteiger charge is -2.26. The quantitative estimate of drug-likeness (QED) is 0.451. The monoisotopic (exact) mass is 551 g/mol. The number of hydrogen-bond donors (Lipinski definition) is 2. The van der Waals surface area contributed by atoms with Crippen LogP contribution in [0.15, 0.2) is 53.4 Å². The highest BCUT2D eigenvalue weighted by Gasteiger charge is 2.25. The molecule has 0 fully saturated rings. The molecule has 0 unspecified atom stereocenters. The largest absolute Gasteiger partial charge is 0.471 e. The zero-order valence-electron chi connectivity index (χ0n) is 23.4. The van der Waals surface area contributed by atoms with E-state index in [1.807, 2.05) is 32.0 Å². The van der Waals surface area contributed by atoms with E-state index in [2.05, 4.69) is 40.8 Å². The van der Waals surface area contributed by atoms with E-state index < -0.39 is 16.1 Å². The summed E-state index contributed by atoms with van der Waals surface area (Å²) in [5.41, 5.74) is 3.84. The first-order chi connectivity index (χ1) is 18.3. The number of aryl methyl sites for hydroxylation is 2. The maximum Gasteiger partial charge on any atom is 0.264 e. The lowest BCUT2D eigenvalue weighted by molar-refractivity contribution is 0.0706. The van der Waals surface area contributed by atoms with Gasteiger partial charge in [0.25, 0.3) is 15.9 Å². The lowest BCUT2D eigenvalue weighted by atomic mass is 9.92. The Balaban J connectivity index is 1.79. The van der Waals surface area contributed by atoms with Crippen LogP contribution in [0.3, 0.4) is 0 Å². The van der Waals surface area contributed by atoms with Gasteiger partial charge in [0.2, 0.25) is 11.8 Å². The Morgan fingerprint density at radius 2 is 1.77 bits per heavy atom. The van der Waals surface area contributed by atoms with Crippen LogP contribution in [0.25, 0.3) is 11.3 Å². The maximum atomic E-state index is 13.3. The van der Waals surface area contributed by atoms with Gasteiger partial charge in [0.05, 0.1) is 17.1 Å². The van der Waals surface area contributed by atoms with Crippen molar-refractivity contribution in [1.29, 1.82) is 0 Å². The van der Waals surface area contributed by atoms with Gasteiger partial charge in [-0.25, -0.2) is 18.1 Å². The Morgan fingerprint density at radius 3 is 2.46 bits per heavy atom. The molecule has 2 heterocycles. The van der Waals surface area contributed by atoms with Crippen molar-refractivity contribution in [3.63, 3.8) is 0 Å². The van der Waals surface area contributed by atoms with Crippen molar-refractivity contribution < 1.29 is 17.9 Å². The molecule has 1 aromatic heterocycles. The molecule has 1 atom stereocenters. The second kappa shape index (κ2) is 11.3. The van der Waals surface area contributed by atoms with E-state index in [1.54, 1.807) is 30.1 Å². The molecule has 1 aliphatic heterocycles. The summed E-state index contributed by atoms with van der Waals surface area (Å²) in [6, 6.07) is 13.6. The van der Waals surface area contributed by atoms with Crippen molar-refractivity contribution in [2.75, 3.05) is 31.4 Å². The number of rotatable bonds is 5. The van der Waals surface area contributed by atoms with Crippen LogP contribution in [0.4, 0.5) is 5.95 Å². The normalized spacial score (nSPS) is 17.3. The Labute approximate surface area is 231 Å². The van der Waals surface area contributed by atoms with Crippen molar-refractivity contribution in [2.24, 2.45) is 5.41 Å². The van der Waals surface area contributed by atoms with E-state index in [1.165, 1.54) is 12.1 Å². The molecule has 3 aromatic rings. The average Bonchev–Trinajstić information content (AvgIpc) is 2.85. The van der Waals surface area contributed by atoms with Crippen molar-refractivity contribution >= 4 is 21.9 Å². The predicted octanol–water partition coefficient (Wildman–Crippen LogP) is 4.42.